The van der Waals surface area contributed by atoms with Crippen molar-refractivity contribution in [2.24, 2.45) is 0 Å². The van der Waals surface area contributed by atoms with E-state index in [1.807, 2.05) is 0 Å². The Hall–Kier alpha value is -0.0300. The van der Waals surface area contributed by atoms with E-state index in [1.165, 1.54) is 89.9 Å². The van der Waals surface area contributed by atoms with Gasteiger partial charge in [0.15, 0.2) is 6.29 Å². The first kappa shape index (κ1) is 42.0. The van der Waals surface area contributed by atoms with Gasteiger partial charge < -0.3 is 51.5 Å². The number of hydrogen-bond acceptors (Lipinski definition) is 7. The molecule has 1 aliphatic rings. The maximum absolute atomic E-state index is 10.6. The Morgan fingerprint density at radius 2 is 1.14 bits per heavy atom. The third kappa shape index (κ3) is 20.1. The van der Waals surface area contributed by atoms with Gasteiger partial charge in [-0.3, -0.25) is 0 Å². The van der Waals surface area contributed by atoms with Gasteiger partial charge in [0, 0.05) is 6.61 Å². The van der Waals surface area contributed by atoms with Crippen LogP contribution in [0.5, 0.6) is 0 Å². The SMILES string of the molecule is CCCCCCCCCCCC[N+](C)(C)CC(O)COC[C@H]1O[C@H](OCCCCCCCCCC)[C@H](O)[C@@H](O)[C@@H]1O.[Cl-]. The number of aliphatic hydroxyl groups excluding tert-OH is 4. The third-order valence-electron chi connectivity index (χ3n) is 8.36. The molecule has 0 radical (unpaired) electrons. The maximum atomic E-state index is 10.6. The van der Waals surface area contributed by atoms with Crippen molar-refractivity contribution in [3.8, 4) is 0 Å². The summed E-state index contributed by atoms with van der Waals surface area (Å²) in [6.07, 6.45) is 16.1. The molecular weight excluding hydrogens is 558 g/mol. The maximum Gasteiger partial charge on any atom is 0.186 e. The summed E-state index contributed by atoms with van der Waals surface area (Å²) in [7, 11) is 4.27. The molecule has 0 aromatic heterocycles. The van der Waals surface area contributed by atoms with Crippen LogP contribution >= 0.6 is 0 Å². The minimum absolute atomic E-state index is 0. The number of likely N-dealkylation sites (N-methyl/N-ethyl adjacent to an activating group) is 1. The molecule has 0 saturated carbocycles. The van der Waals surface area contributed by atoms with Gasteiger partial charge in [0.05, 0.1) is 33.9 Å². The Bertz CT molecular complexity index is 601. The number of ether oxygens (including phenoxy) is 3. The fourth-order valence-electron chi connectivity index (χ4n) is 5.69. The minimum atomic E-state index is -1.37. The van der Waals surface area contributed by atoms with Crippen molar-refractivity contribution in [3.05, 3.63) is 0 Å². The Labute approximate surface area is 264 Å². The van der Waals surface area contributed by atoms with E-state index in [4.69, 9.17) is 14.2 Å². The molecule has 42 heavy (non-hydrogen) atoms. The summed E-state index contributed by atoms with van der Waals surface area (Å²) in [5.74, 6) is 0. The predicted molar refractivity (Wildman–Crippen MR) is 166 cm³/mol. The van der Waals surface area contributed by atoms with Crippen molar-refractivity contribution in [2.45, 2.75) is 166 Å². The number of quaternary nitrogens is 1. The van der Waals surface area contributed by atoms with Crippen LogP contribution < -0.4 is 12.4 Å². The van der Waals surface area contributed by atoms with Gasteiger partial charge in [-0.1, -0.05) is 110 Å². The van der Waals surface area contributed by atoms with Crippen LogP contribution in [0.4, 0.5) is 0 Å². The first-order valence-electron chi connectivity index (χ1n) is 17.1. The van der Waals surface area contributed by atoms with Crippen LogP contribution in [0.2, 0.25) is 0 Å². The van der Waals surface area contributed by atoms with E-state index in [0.29, 0.717) is 13.2 Å². The zero-order valence-electron chi connectivity index (χ0n) is 27.6. The van der Waals surface area contributed by atoms with Crippen LogP contribution in [0.15, 0.2) is 0 Å². The van der Waals surface area contributed by atoms with E-state index in [0.717, 1.165) is 36.7 Å². The number of nitrogens with zero attached hydrogens (tertiary/aromatic N) is 1. The van der Waals surface area contributed by atoms with Gasteiger partial charge in [-0.15, -0.1) is 0 Å². The van der Waals surface area contributed by atoms with E-state index < -0.39 is 36.8 Å². The van der Waals surface area contributed by atoms with Crippen LogP contribution in [-0.2, 0) is 14.2 Å². The average molecular weight is 626 g/mol. The molecule has 1 heterocycles. The summed E-state index contributed by atoms with van der Waals surface area (Å²) < 4.78 is 17.9. The minimum Gasteiger partial charge on any atom is -1.00 e. The number of rotatable bonds is 27. The van der Waals surface area contributed by atoms with Crippen molar-refractivity contribution in [1.82, 2.24) is 0 Å². The lowest BCUT2D eigenvalue weighted by atomic mass is 9.99. The highest BCUT2D eigenvalue weighted by Crippen LogP contribution is 2.23. The second kappa shape index (κ2) is 26.2. The van der Waals surface area contributed by atoms with Gasteiger partial charge in [-0.2, -0.15) is 0 Å². The molecule has 0 aromatic carbocycles. The topological polar surface area (TPSA) is 109 Å². The highest BCUT2D eigenvalue weighted by molar-refractivity contribution is 4.89. The van der Waals surface area contributed by atoms with Crippen LogP contribution in [0.1, 0.15) is 129 Å². The van der Waals surface area contributed by atoms with Crippen molar-refractivity contribution in [2.75, 3.05) is 47.0 Å². The van der Waals surface area contributed by atoms with Gasteiger partial charge in [-0.25, -0.2) is 0 Å². The van der Waals surface area contributed by atoms with E-state index in [2.05, 4.69) is 27.9 Å². The zero-order valence-corrected chi connectivity index (χ0v) is 28.3. The van der Waals surface area contributed by atoms with E-state index in [1.54, 1.807) is 0 Å². The summed E-state index contributed by atoms with van der Waals surface area (Å²) in [6, 6.07) is 0. The van der Waals surface area contributed by atoms with Crippen molar-refractivity contribution >= 4 is 0 Å². The molecule has 1 aliphatic heterocycles. The molecule has 254 valence electrons. The van der Waals surface area contributed by atoms with Crippen LogP contribution in [0.3, 0.4) is 0 Å². The Morgan fingerprint density at radius 1 is 0.667 bits per heavy atom. The van der Waals surface area contributed by atoms with E-state index in [9.17, 15) is 20.4 Å². The summed E-state index contributed by atoms with van der Waals surface area (Å²) in [4.78, 5) is 0. The molecular formula is C33H68ClNO7. The molecule has 0 spiro atoms. The van der Waals surface area contributed by atoms with Crippen molar-refractivity contribution in [1.29, 1.82) is 0 Å². The van der Waals surface area contributed by atoms with Gasteiger partial charge in [0.25, 0.3) is 0 Å². The van der Waals surface area contributed by atoms with Crippen molar-refractivity contribution in [3.63, 3.8) is 0 Å². The summed E-state index contributed by atoms with van der Waals surface area (Å²) in [5, 5.41) is 41.6. The smallest absolute Gasteiger partial charge is 0.186 e. The first-order chi connectivity index (χ1) is 19.7. The molecule has 4 N–H and O–H groups in total. The Kier molecular flexibility index (Phi) is 26.2. The normalized spacial score (nSPS) is 23.6. The number of unbranched alkanes of at least 4 members (excludes halogenated alkanes) is 16. The van der Waals surface area contributed by atoms with Crippen LogP contribution in [0, 0.1) is 0 Å². The molecule has 1 saturated heterocycles. The molecule has 0 aliphatic carbocycles. The van der Waals surface area contributed by atoms with Gasteiger partial charge in [0.1, 0.15) is 37.1 Å². The first-order valence-corrected chi connectivity index (χ1v) is 17.1. The molecule has 9 heteroatoms. The van der Waals surface area contributed by atoms with Crippen LogP contribution in [0.25, 0.3) is 0 Å². The molecule has 8 nitrogen and oxygen atoms in total. The molecule has 1 fully saturated rings. The average Bonchev–Trinajstić information content (AvgIpc) is 2.93. The lowest BCUT2D eigenvalue weighted by molar-refractivity contribution is -0.893. The fraction of sp³-hybridized carbons (Fsp3) is 1.00. The summed E-state index contributed by atoms with van der Waals surface area (Å²) in [5.41, 5.74) is 0. The quantitative estimate of drug-likeness (QED) is 0.0820. The molecule has 6 atom stereocenters. The van der Waals surface area contributed by atoms with Crippen LogP contribution in [-0.4, -0.2) is 109 Å². The number of halogens is 1. The van der Waals surface area contributed by atoms with E-state index >= 15 is 0 Å². The standard InChI is InChI=1S/C33H68NO7.ClH/c1-5-7-9-11-13-15-16-17-19-21-23-34(3,4)25-28(35)26-39-27-29-30(36)31(37)32(38)33(41-29)40-24-22-20-18-14-12-10-8-6-2;/h28-33,35-38H,5-27H2,1-4H3;1H/q+1;/p-1/t28?,29-,30-,31+,32-,33+;/m1./s1. The molecule has 0 bridgehead atoms. The number of hydrogen-bond donors (Lipinski definition) is 4. The Morgan fingerprint density at radius 3 is 1.67 bits per heavy atom. The second-order valence-electron chi connectivity index (χ2n) is 13.1. The molecule has 1 rings (SSSR count). The second-order valence-corrected chi connectivity index (χ2v) is 13.1. The largest absolute Gasteiger partial charge is 1.00 e. The number of aliphatic hydroxyl groups is 4. The van der Waals surface area contributed by atoms with Gasteiger partial charge >= 0.3 is 0 Å². The lowest BCUT2D eigenvalue weighted by Gasteiger charge is -2.40. The summed E-state index contributed by atoms with van der Waals surface area (Å²) in [6.45, 7) is 6.62. The Balaban J connectivity index is 0.0000168. The zero-order chi connectivity index (χ0) is 30.3. The molecule has 1 unspecified atom stereocenters. The molecule has 0 aromatic rings. The van der Waals surface area contributed by atoms with Gasteiger partial charge in [-0.05, 0) is 19.3 Å². The third-order valence-corrected chi connectivity index (χ3v) is 8.36. The van der Waals surface area contributed by atoms with E-state index in [-0.39, 0.29) is 25.6 Å². The van der Waals surface area contributed by atoms with Gasteiger partial charge in [0.2, 0.25) is 0 Å². The molecule has 0 amide bonds. The van der Waals surface area contributed by atoms with Crippen molar-refractivity contribution < 1.29 is 51.5 Å². The highest BCUT2D eigenvalue weighted by atomic mass is 35.5. The lowest BCUT2D eigenvalue weighted by Crippen LogP contribution is -3.00. The monoisotopic (exact) mass is 625 g/mol. The fourth-order valence-corrected chi connectivity index (χ4v) is 5.69. The summed E-state index contributed by atoms with van der Waals surface area (Å²) >= 11 is 0. The highest BCUT2D eigenvalue weighted by Gasteiger charge is 2.44. The predicted octanol–water partition coefficient (Wildman–Crippen LogP) is 2.33.